The predicted molar refractivity (Wildman–Crippen MR) is 122 cm³/mol. The van der Waals surface area contributed by atoms with E-state index >= 15 is 0 Å². The molecule has 0 fully saturated rings. The second kappa shape index (κ2) is 8.61. The Morgan fingerprint density at radius 2 is 1.91 bits per heavy atom. The van der Waals surface area contributed by atoms with Gasteiger partial charge in [-0.05, 0) is 49.3 Å². The first-order valence-corrected chi connectivity index (χ1v) is 11.4. The Balaban J connectivity index is 1.33. The van der Waals surface area contributed by atoms with Gasteiger partial charge in [-0.3, -0.25) is 14.3 Å². The fourth-order valence-corrected chi connectivity index (χ4v) is 4.75. The largest absolute Gasteiger partial charge is 0.344 e. The van der Waals surface area contributed by atoms with Gasteiger partial charge in [0.25, 0.3) is 11.8 Å². The molecule has 1 atom stereocenters. The fourth-order valence-electron chi connectivity index (χ4n) is 4.75. The van der Waals surface area contributed by atoms with Crippen molar-refractivity contribution >= 4 is 11.8 Å². The van der Waals surface area contributed by atoms with E-state index in [0.29, 0.717) is 31.0 Å². The minimum atomic E-state index is -0.217. The van der Waals surface area contributed by atoms with Crippen LogP contribution in [0.1, 0.15) is 68.5 Å². The van der Waals surface area contributed by atoms with Gasteiger partial charge in [0.1, 0.15) is 5.69 Å². The van der Waals surface area contributed by atoms with Crippen molar-refractivity contribution in [3.63, 3.8) is 0 Å². The van der Waals surface area contributed by atoms with Crippen molar-refractivity contribution < 1.29 is 9.59 Å². The molecule has 0 saturated carbocycles. The van der Waals surface area contributed by atoms with E-state index in [2.05, 4.69) is 53.7 Å². The second-order valence-corrected chi connectivity index (χ2v) is 8.82. The Morgan fingerprint density at radius 1 is 1.09 bits per heavy atom. The minimum absolute atomic E-state index is 0.0114. The summed E-state index contributed by atoms with van der Waals surface area (Å²) in [4.78, 5) is 28.1. The topological polar surface area (TPSA) is 67.2 Å². The Morgan fingerprint density at radius 3 is 2.75 bits per heavy atom. The van der Waals surface area contributed by atoms with Crippen LogP contribution in [0.25, 0.3) is 0 Å². The first kappa shape index (κ1) is 20.5. The third-order valence-corrected chi connectivity index (χ3v) is 6.49. The zero-order valence-electron chi connectivity index (χ0n) is 18.4. The van der Waals surface area contributed by atoms with Gasteiger partial charge < -0.3 is 10.2 Å². The van der Waals surface area contributed by atoms with Crippen molar-refractivity contribution in [3.8, 4) is 0 Å². The van der Waals surface area contributed by atoms with Gasteiger partial charge in [-0.25, -0.2) is 0 Å². The van der Waals surface area contributed by atoms with E-state index in [0.717, 1.165) is 31.2 Å². The third-order valence-electron chi connectivity index (χ3n) is 6.49. The van der Waals surface area contributed by atoms with Crippen LogP contribution in [0.5, 0.6) is 0 Å². The lowest BCUT2D eigenvalue weighted by Gasteiger charge is -2.26. The smallest absolute Gasteiger partial charge is 0.272 e. The highest BCUT2D eigenvalue weighted by Crippen LogP contribution is 2.29. The number of fused-ring (bicyclic) bond motifs is 2. The van der Waals surface area contributed by atoms with Crippen molar-refractivity contribution in [2.45, 2.75) is 51.7 Å². The highest BCUT2D eigenvalue weighted by Gasteiger charge is 2.28. The fraction of sp³-hybridized carbons (Fsp3) is 0.346. The molecule has 1 aliphatic carbocycles. The molecule has 164 valence electrons. The molecule has 32 heavy (non-hydrogen) atoms. The van der Waals surface area contributed by atoms with Gasteiger partial charge in [0.05, 0.1) is 6.04 Å². The van der Waals surface area contributed by atoms with Crippen LogP contribution in [0.2, 0.25) is 0 Å². The molecule has 1 unspecified atom stereocenters. The SMILES string of the molecule is Cc1ccc(CN2CCCn3nc(C(=O)NC4CCCc5ccccc54)cc3C2=O)cc1. The molecule has 5 rings (SSSR count). The molecule has 1 N–H and O–H groups in total. The Labute approximate surface area is 188 Å². The summed E-state index contributed by atoms with van der Waals surface area (Å²) in [5.74, 6) is -0.289. The van der Waals surface area contributed by atoms with Gasteiger partial charge in [-0.2, -0.15) is 5.10 Å². The first-order valence-electron chi connectivity index (χ1n) is 11.4. The molecule has 0 saturated heterocycles. The number of aryl methyl sites for hydroxylation is 3. The lowest BCUT2D eigenvalue weighted by molar-refractivity contribution is 0.0745. The van der Waals surface area contributed by atoms with E-state index in [1.165, 1.54) is 16.7 Å². The maximum Gasteiger partial charge on any atom is 0.272 e. The summed E-state index contributed by atoms with van der Waals surface area (Å²) in [7, 11) is 0. The number of rotatable bonds is 4. The number of aromatic nitrogens is 2. The van der Waals surface area contributed by atoms with E-state index in [-0.39, 0.29) is 17.9 Å². The molecule has 2 aromatic carbocycles. The first-order chi connectivity index (χ1) is 15.6. The molecule has 0 spiro atoms. The molecule has 2 aliphatic rings. The molecular formula is C26H28N4O2. The highest BCUT2D eigenvalue weighted by atomic mass is 16.2. The summed E-state index contributed by atoms with van der Waals surface area (Å²) in [5, 5.41) is 7.64. The average molecular weight is 429 g/mol. The number of carbonyl (C=O) groups excluding carboxylic acids is 2. The number of carbonyl (C=O) groups is 2. The number of hydrogen-bond donors (Lipinski definition) is 1. The van der Waals surface area contributed by atoms with Crippen molar-refractivity contribution in [3.05, 3.63) is 88.2 Å². The van der Waals surface area contributed by atoms with E-state index in [9.17, 15) is 9.59 Å². The van der Waals surface area contributed by atoms with Crippen LogP contribution in [-0.4, -0.2) is 33.0 Å². The average Bonchev–Trinajstić information content (AvgIpc) is 3.18. The highest BCUT2D eigenvalue weighted by molar-refractivity contribution is 5.98. The van der Waals surface area contributed by atoms with Gasteiger partial charge in [0.2, 0.25) is 0 Å². The molecule has 0 radical (unpaired) electrons. The Bertz CT molecular complexity index is 1150. The molecular weight excluding hydrogens is 400 g/mol. The van der Waals surface area contributed by atoms with Crippen LogP contribution < -0.4 is 5.32 Å². The third kappa shape index (κ3) is 4.05. The molecule has 6 heteroatoms. The second-order valence-electron chi connectivity index (χ2n) is 8.82. The van der Waals surface area contributed by atoms with E-state index < -0.39 is 0 Å². The number of nitrogens with zero attached hydrogens (tertiary/aromatic N) is 3. The van der Waals surface area contributed by atoms with Crippen LogP contribution in [0.3, 0.4) is 0 Å². The summed E-state index contributed by atoms with van der Waals surface area (Å²) in [6.07, 6.45) is 3.82. The standard InChI is InChI=1S/C26H28N4O2/c1-18-10-12-19(13-11-18)17-29-14-5-15-30-24(26(29)32)16-23(28-30)25(31)27-22-9-4-7-20-6-2-3-8-21(20)22/h2-3,6,8,10-13,16,22H,4-5,7,9,14-15,17H2,1H3,(H,27,31). The predicted octanol–water partition coefficient (Wildman–Crippen LogP) is 4.05. The van der Waals surface area contributed by atoms with Crippen molar-refractivity contribution in [1.29, 1.82) is 0 Å². The van der Waals surface area contributed by atoms with Crippen LogP contribution in [0.4, 0.5) is 0 Å². The maximum absolute atomic E-state index is 13.2. The quantitative estimate of drug-likeness (QED) is 0.682. The number of hydrogen-bond acceptors (Lipinski definition) is 3. The van der Waals surface area contributed by atoms with Gasteiger partial charge >= 0.3 is 0 Å². The summed E-state index contributed by atoms with van der Waals surface area (Å²) in [6.45, 7) is 3.92. The minimum Gasteiger partial charge on any atom is -0.344 e. The zero-order valence-corrected chi connectivity index (χ0v) is 18.4. The Hall–Kier alpha value is -3.41. The van der Waals surface area contributed by atoms with E-state index in [1.54, 1.807) is 10.7 Å². The molecule has 3 aromatic rings. The molecule has 1 aliphatic heterocycles. The summed E-state index contributed by atoms with van der Waals surface area (Å²) in [5.41, 5.74) is 5.59. The van der Waals surface area contributed by atoms with Gasteiger partial charge in [-0.15, -0.1) is 0 Å². The monoisotopic (exact) mass is 428 g/mol. The van der Waals surface area contributed by atoms with Gasteiger partial charge in [0.15, 0.2) is 5.69 Å². The lowest BCUT2D eigenvalue weighted by atomic mass is 9.87. The number of nitrogens with one attached hydrogen (secondary N) is 1. The number of amides is 2. The molecule has 0 bridgehead atoms. The normalized spacial score (nSPS) is 18.0. The summed E-state index contributed by atoms with van der Waals surface area (Å²) in [6, 6.07) is 18.2. The van der Waals surface area contributed by atoms with Crippen LogP contribution in [0.15, 0.2) is 54.6 Å². The van der Waals surface area contributed by atoms with Crippen LogP contribution >= 0.6 is 0 Å². The summed E-state index contributed by atoms with van der Waals surface area (Å²) < 4.78 is 1.70. The Kier molecular flexibility index (Phi) is 5.52. The maximum atomic E-state index is 13.2. The zero-order chi connectivity index (χ0) is 22.1. The van der Waals surface area contributed by atoms with Crippen LogP contribution in [-0.2, 0) is 19.5 Å². The molecule has 1 aromatic heterocycles. The van der Waals surface area contributed by atoms with Crippen molar-refractivity contribution in [2.24, 2.45) is 0 Å². The lowest BCUT2D eigenvalue weighted by Crippen LogP contribution is -2.31. The van der Waals surface area contributed by atoms with Gasteiger partial charge in [0, 0.05) is 25.7 Å². The van der Waals surface area contributed by atoms with Crippen LogP contribution in [0, 0.1) is 6.92 Å². The van der Waals surface area contributed by atoms with Gasteiger partial charge in [-0.1, -0.05) is 54.1 Å². The van der Waals surface area contributed by atoms with E-state index in [4.69, 9.17) is 0 Å². The molecule has 6 nitrogen and oxygen atoms in total. The summed E-state index contributed by atoms with van der Waals surface area (Å²) >= 11 is 0. The number of benzene rings is 2. The molecule has 2 amide bonds. The van der Waals surface area contributed by atoms with Crippen molar-refractivity contribution in [2.75, 3.05) is 6.54 Å². The molecule has 2 heterocycles. The van der Waals surface area contributed by atoms with E-state index in [1.807, 2.05) is 17.0 Å². The van der Waals surface area contributed by atoms with Crippen molar-refractivity contribution in [1.82, 2.24) is 20.0 Å².